The third-order valence-corrected chi connectivity index (χ3v) is 3.81. The Bertz CT molecular complexity index is 897. The van der Waals surface area contributed by atoms with Crippen molar-refractivity contribution in [2.45, 2.75) is 6.92 Å². The van der Waals surface area contributed by atoms with E-state index < -0.39 is 0 Å². The third kappa shape index (κ3) is 3.71. The Hall–Kier alpha value is -1.91. The van der Waals surface area contributed by atoms with Gasteiger partial charge in [-0.05, 0) is 36.6 Å². The van der Waals surface area contributed by atoms with E-state index in [1.54, 1.807) is 18.2 Å². The molecule has 0 unspecified atom stereocenters. The number of azo groups is 1. The average Bonchev–Trinajstić information content (AvgIpc) is 2.49. The number of hydrogen-bond acceptors (Lipinski definition) is 4. The zero-order chi connectivity index (χ0) is 15.7. The summed E-state index contributed by atoms with van der Waals surface area (Å²) in [5, 5.41) is 29.8. The molecule has 0 spiro atoms. The van der Waals surface area contributed by atoms with Crippen molar-refractivity contribution in [2.75, 3.05) is 0 Å². The van der Waals surface area contributed by atoms with Gasteiger partial charge in [-0.15, -0.1) is 10.2 Å². The SMILES string of the molecule is Cc1ccc2c(N=Nc3cc(Br)ccc3O)c(O)ccc2c1.[Ni]. The second kappa shape index (κ2) is 7.11. The van der Waals surface area contributed by atoms with Crippen molar-refractivity contribution in [2.24, 2.45) is 10.2 Å². The Kier molecular flexibility index (Phi) is 5.40. The molecule has 0 atom stereocenters. The van der Waals surface area contributed by atoms with E-state index in [0.717, 1.165) is 20.8 Å². The van der Waals surface area contributed by atoms with Gasteiger partial charge in [-0.3, -0.25) is 0 Å². The van der Waals surface area contributed by atoms with Gasteiger partial charge in [0.25, 0.3) is 0 Å². The van der Waals surface area contributed by atoms with Crippen LogP contribution in [0.3, 0.4) is 0 Å². The van der Waals surface area contributed by atoms with Gasteiger partial charge >= 0.3 is 0 Å². The van der Waals surface area contributed by atoms with Gasteiger partial charge in [0, 0.05) is 26.4 Å². The second-order valence-corrected chi connectivity index (χ2v) is 5.91. The summed E-state index contributed by atoms with van der Waals surface area (Å²) in [4.78, 5) is 0. The van der Waals surface area contributed by atoms with Gasteiger partial charge in [0.2, 0.25) is 0 Å². The van der Waals surface area contributed by atoms with Crippen LogP contribution in [0.5, 0.6) is 11.5 Å². The number of phenolic OH excluding ortho intramolecular Hbond substituents is 2. The molecule has 0 aliphatic carbocycles. The standard InChI is InChI=1S/C17H13BrN2O2.Ni/c1-10-2-5-13-11(8-10)3-6-16(22)17(13)20-19-14-9-12(18)4-7-15(14)21;/h2-9,21-22H,1H3;. The number of aromatic hydroxyl groups is 2. The maximum absolute atomic E-state index is 10.1. The van der Waals surface area contributed by atoms with Crippen molar-refractivity contribution in [1.29, 1.82) is 0 Å². The van der Waals surface area contributed by atoms with Gasteiger partial charge in [0.1, 0.15) is 22.9 Å². The summed E-state index contributed by atoms with van der Waals surface area (Å²) in [5.41, 5.74) is 1.85. The third-order valence-electron chi connectivity index (χ3n) is 3.32. The van der Waals surface area contributed by atoms with Crippen LogP contribution in [0.2, 0.25) is 0 Å². The number of phenols is 2. The van der Waals surface area contributed by atoms with E-state index in [4.69, 9.17) is 0 Å². The number of nitrogens with zero attached hydrogens (tertiary/aromatic N) is 2. The summed E-state index contributed by atoms with van der Waals surface area (Å²) in [6.45, 7) is 2.01. The minimum absolute atomic E-state index is 0. The molecule has 3 aromatic carbocycles. The number of fused-ring (bicyclic) bond motifs is 1. The number of hydrogen-bond donors (Lipinski definition) is 2. The molecule has 120 valence electrons. The first kappa shape index (κ1) is 17.4. The molecule has 23 heavy (non-hydrogen) atoms. The van der Waals surface area contributed by atoms with Crippen LogP contribution >= 0.6 is 15.9 Å². The first-order chi connectivity index (χ1) is 10.5. The molecule has 0 saturated carbocycles. The van der Waals surface area contributed by atoms with Gasteiger partial charge in [0.15, 0.2) is 0 Å². The van der Waals surface area contributed by atoms with Gasteiger partial charge < -0.3 is 10.2 Å². The minimum Gasteiger partial charge on any atom is -0.506 e. The molecule has 2 N–H and O–H groups in total. The summed E-state index contributed by atoms with van der Waals surface area (Å²) in [7, 11) is 0. The summed E-state index contributed by atoms with van der Waals surface area (Å²) in [6.07, 6.45) is 0. The predicted octanol–water partition coefficient (Wildman–Crippen LogP) is 5.73. The first-order valence-corrected chi connectivity index (χ1v) is 7.46. The van der Waals surface area contributed by atoms with E-state index in [-0.39, 0.29) is 28.0 Å². The Labute approximate surface area is 151 Å². The molecule has 0 amide bonds. The normalized spacial score (nSPS) is 10.9. The van der Waals surface area contributed by atoms with Crippen molar-refractivity contribution in [3.63, 3.8) is 0 Å². The number of halogens is 1. The fraction of sp³-hybridized carbons (Fsp3) is 0.0588. The average molecular weight is 416 g/mol. The van der Waals surface area contributed by atoms with Crippen molar-refractivity contribution in [3.05, 3.63) is 58.6 Å². The molecule has 0 fully saturated rings. The molecule has 0 bridgehead atoms. The van der Waals surface area contributed by atoms with Crippen LogP contribution in [-0.4, -0.2) is 10.2 Å². The van der Waals surface area contributed by atoms with Gasteiger partial charge in [-0.2, -0.15) is 0 Å². The van der Waals surface area contributed by atoms with E-state index in [2.05, 4.69) is 26.2 Å². The molecular formula is C17H13BrN2NiO2. The summed E-state index contributed by atoms with van der Waals surface area (Å²) in [6, 6.07) is 14.2. The van der Waals surface area contributed by atoms with Gasteiger partial charge in [-0.1, -0.05) is 45.8 Å². The van der Waals surface area contributed by atoms with E-state index in [0.29, 0.717) is 11.4 Å². The summed E-state index contributed by atoms with van der Waals surface area (Å²) in [5.74, 6) is 0.0807. The maximum atomic E-state index is 10.1. The zero-order valence-corrected chi connectivity index (χ0v) is 14.7. The topological polar surface area (TPSA) is 65.2 Å². The van der Waals surface area contributed by atoms with Crippen molar-refractivity contribution in [3.8, 4) is 11.5 Å². The predicted molar refractivity (Wildman–Crippen MR) is 90.3 cm³/mol. The van der Waals surface area contributed by atoms with Crippen LogP contribution in [0.4, 0.5) is 11.4 Å². The van der Waals surface area contributed by atoms with Crippen LogP contribution in [0, 0.1) is 6.92 Å². The van der Waals surface area contributed by atoms with Crippen LogP contribution in [0.15, 0.2) is 63.2 Å². The molecule has 0 radical (unpaired) electrons. The van der Waals surface area contributed by atoms with Crippen LogP contribution < -0.4 is 0 Å². The molecule has 3 rings (SSSR count). The maximum Gasteiger partial charge on any atom is 0.143 e. The van der Waals surface area contributed by atoms with E-state index in [9.17, 15) is 10.2 Å². The fourth-order valence-electron chi connectivity index (χ4n) is 2.21. The summed E-state index contributed by atoms with van der Waals surface area (Å²) < 4.78 is 0.789. The molecule has 0 aromatic heterocycles. The number of rotatable bonds is 2. The largest absolute Gasteiger partial charge is 0.506 e. The molecule has 4 nitrogen and oxygen atoms in total. The smallest absolute Gasteiger partial charge is 0.143 e. The quantitative estimate of drug-likeness (QED) is 0.414. The molecule has 3 aromatic rings. The second-order valence-electron chi connectivity index (χ2n) is 4.99. The molecule has 0 saturated heterocycles. The van der Waals surface area contributed by atoms with Crippen molar-refractivity contribution < 1.29 is 26.7 Å². The number of aryl methyl sites for hydroxylation is 1. The van der Waals surface area contributed by atoms with Crippen LogP contribution in [-0.2, 0) is 16.5 Å². The van der Waals surface area contributed by atoms with Crippen molar-refractivity contribution in [1.82, 2.24) is 0 Å². The van der Waals surface area contributed by atoms with Crippen LogP contribution in [0.1, 0.15) is 5.56 Å². The van der Waals surface area contributed by atoms with Crippen molar-refractivity contribution >= 4 is 38.1 Å². The fourth-order valence-corrected chi connectivity index (χ4v) is 2.56. The molecule has 6 heteroatoms. The van der Waals surface area contributed by atoms with Crippen LogP contribution in [0.25, 0.3) is 10.8 Å². The number of benzene rings is 3. The van der Waals surface area contributed by atoms with E-state index >= 15 is 0 Å². The Morgan fingerprint density at radius 3 is 2.39 bits per heavy atom. The zero-order valence-electron chi connectivity index (χ0n) is 12.1. The first-order valence-electron chi connectivity index (χ1n) is 6.67. The van der Waals surface area contributed by atoms with E-state index in [1.165, 1.54) is 6.07 Å². The van der Waals surface area contributed by atoms with Gasteiger partial charge in [-0.25, -0.2) is 0 Å². The van der Waals surface area contributed by atoms with Gasteiger partial charge in [0.05, 0.1) is 0 Å². The Morgan fingerprint density at radius 2 is 1.61 bits per heavy atom. The monoisotopic (exact) mass is 414 g/mol. The Balaban J connectivity index is 0.00000192. The minimum atomic E-state index is 0. The Morgan fingerprint density at radius 1 is 0.870 bits per heavy atom. The molecule has 0 aliphatic heterocycles. The molecule has 0 heterocycles. The molecule has 0 aliphatic rings. The molecular weight excluding hydrogens is 403 g/mol. The van der Waals surface area contributed by atoms with E-state index in [1.807, 2.05) is 31.2 Å². The summed E-state index contributed by atoms with van der Waals surface area (Å²) >= 11 is 3.32.